The molecule has 16 nitrogen and oxygen atoms in total. The Balaban J connectivity index is 1.28. The van der Waals surface area contributed by atoms with E-state index in [0.29, 0.717) is 83.2 Å². The molecule has 2 N–H and O–H groups in total. The van der Waals surface area contributed by atoms with Crippen LogP contribution in [0.5, 0.6) is 40.2 Å². The molecule has 7 heterocycles. The van der Waals surface area contributed by atoms with E-state index in [2.05, 4.69) is 10.2 Å². The number of thioether (sulfide) groups is 1. The van der Waals surface area contributed by atoms with Crippen molar-refractivity contribution in [1.29, 1.82) is 0 Å². The van der Waals surface area contributed by atoms with Crippen molar-refractivity contribution in [3.63, 3.8) is 0 Å². The number of nitrogens with zero attached hydrogens (tertiary/aromatic N) is 2. The van der Waals surface area contributed by atoms with Gasteiger partial charge in [0.2, 0.25) is 6.79 Å². The zero-order valence-corrected chi connectivity index (χ0v) is 38.2. The van der Waals surface area contributed by atoms with E-state index >= 15 is 4.79 Å². The van der Waals surface area contributed by atoms with Gasteiger partial charge in [0.05, 0.1) is 37.6 Å². The summed E-state index contributed by atoms with van der Waals surface area (Å²) in [5, 5.41) is 15.7. The third-order valence-electron chi connectivity index (χ3n) is 13.6. The highest BCUT2D eigenvalue weighted by atomic mass is 32.2. The Kier molecular flexibility index (Phi) is 11.8. The summed E-state index contributed by atoms with van der Waals surface area (Å²) in [4.78, 5) is 58.5. The first-order valence-corrected chi connectivity index (χ1v) is 23.0. The van der Waals surface area contributed by atoms with E-state index < -0.39 is 59.1 Å². The molecule has 0 aliphatic carbocycles. The van der Waals surface area contributed by atoms with Crippen molar-refractivity contribution in [3.8, 4) is 40.2 Å². The molecule has 0 radical (unpaired) electrons. The molecule has 0 amide bonds. The Morgan fingerprint density at radius 1 is 0.891 bits per heavy atom. The van der Waals surface area contributed by atoms with Gasteiger partial charge in [0.15, 0.2) is 40.0 Å². The fourth-order valence-electron chi connectivity index (χ4n) is 10.9. The van der Waals surface area contributed by atoms with Gasteiger partial charge in [0.25, 0.3) is 0 Å². The molecule has 3 aromatic carbocycles. The minimum Gasteiger partial charge on any atom is -0.493 e. The number of aliphatic hydroxyl groups excluding tert-OH is 1. The maximum absolute atomic E-state index is 15.1. The number of likely N-dealkylation sites (N-methyl/N-ethyl adjacent to an activating group) is 1. The average molecular weight is 902 g/mol. The monoisotopic (exact) mass is 901 g/mol. The third-order valence-corrected chi connectivity index (χ3v) is 15.1. The Labute approximate surface area is 376 Å². The largest absolute Gasteiger partial charge is 0.493 e. The summed E-state index contributed by atoms with van der Waals surface area (Å²) in [5.41, 5.74) is 4.26. The van der Waals surface area contributed by atoms with E-state index in [1.165, 1.54) is 25.8 Å². The van der Waals surface area contributed by atoms with Crippen LogP contribution in [0.4, 0.5) is 0 Å². The number of esters is 4. The standard InChI is InChI=1S/C47H55N3O13S/c1-9-11-32(52)62-31-17-25-13-14-48-47(27(25)18-30(31)56-7)20-64-44-36-35(42-41(59-21-60-42)23(4)40(36)61-24(5)51)29(19-58-46(47)55)50-38(44)37-34-26(16-28(45(50)54)49(37)6)15-22(3)39(57-8)43(34)63-33(53)12-10-2/h15,17-18,28-29,37-38,44-45,48,54H,9-14,16,19-21H2,1-8H3/t28-,29-,37+,38?,44+,45-,47+/m0/s1. The lowest BCUT2D eigenvalue weighted by molar-refractivity contribution is -0.186. The molecule has 342 valence electrons. The first-order valence-electron chi connectivity index (χ1n) is 22.0. The molecule has 2 saturated heterocycles. The summed E-state index contributed by atoms with van der Waals surface area (Å²) in [6.45, 7) is 8.98. The second-order valence-electron chi connectivity index (χ2n) is 17.3. The summed E-state index contributed by atoms with van der Waals surface area (Å²) >= 11 is 1.46. The van der Waals surface area contributed by atoms with Crippen molar-refractivity contribution in [2.75, 3.05) is 47.0 Å². The van der Waals surface area contributed by atoms with E-state index in [9.17, 15) is 19.5 Å². The molecular weight excluding hydrogens is 847 g/mol. The summed E-state index contributed by atoms with van der Waals surface area (Å²) < 4.78 is 48.9. The van der Waals surface area contributed by atoms with Gasteiger partial charge >= 0.3 is 23.9 Å². The van der Waals surface area contributed by atoms with Gasteiger partial charge in [0.1, 0.15) is 18.6 Å². The van der Waals surface area contributed by atoms with Gasteiger partial charge in [0, 0.05) is 60.4 Å². The van der Waals surface area contributed by atoms with E-state index in [-0.39, 0.29) is 49.5 Å². The fourth-order valence-corrected chi connectivity index (χ4v) is 12.6. The Hall–Kier alpha value is -5.07. The predicted octanol–water partition coefficient (Wildman–Crippen LogP) is 5.41. The van der Waals surface area contributed by atoms with Gasteiger partial charge in [-0.1, -0.05) is 19.9 Å². The zero-order valence-electron chi connectivity index (χ0n) is 37.4. The number of hydrogen-bond acceptors (Lipinski definition) is 17. The highest BCUT2D eigenvalue weighted by molar-refractivity contribution is 7.99. The Morgan fingerprint density at radius 2 is 1.62 bits per heavy atom. The number of methoxy groups -OCH3 is 2. The third kappa shape index (κ3) is 6.88. The van der Waals surface area contributed by atoms with E-state index in [0.717, 1.165) is 22.3 Å². The number of piperazine rings is 1. The number of carbonyl (C=O) groups is 4. The van der Waals surface area contributed by atoms with Crippen LogP contribution in [0.1, 0.15) is 108 Å². The number of aliphatic hydroxyl groups is 1. The number of ether oxygens (including phenoxy) is 8. The Morgan fingerprint density at radius 3 is 2.33 bits per heavy atom. The fraction of sp³-hybridized carbons (Fsp3) is 0.532. The molecule has 3 aromatic rings. The summed E-state index contributed by atoms with van der Waals surface area (Å²) in [6.07, 6.45) is 1.49. The zero-order chi connectivity index (χ0) is 45.4. The maximum Gasteiger partial charge on any atom is 0.331 e. The van der Waals surface area contributed by atoms with Gasteiger partial charge in [-0.3, -0.25) is 29.5 Å². The van der Waals surface area contributed by atoms with Crippen LogP contribution in [0.15, 0.2) is 18.2 Å². The molecule has 0 saturated carbocycles. The molecule has 7 aliphatic heterocycles. The summed E-state index contributed by atoms with van der Waals surface area (Å²) in [7, 11) is 5.01. The molecule has 10 rings (SSSR count). The lowest BCUT2D eigenvalue weighted by Crippen LogP contribution is -2.70. The van der Waals surface area contributed by atoms with Crippen LogP contribution in [-0.2, 0) is 42.3 Å². The molecule has 1 unspecified atom stereocenters. The lowest BCUT2D eigenvalue weighted by atomic mass is 9.73. The smallest absolute Gasteiger partial charge is 0.331 e. The molecule has 4 bridgehead atoms. The van der Waals surface area contributed by atoms with Gasteiger partial charge in [-0.25, -0.2) is 4.79 Å². The van der Waals surface area contributed by atoms with Crippen molar-refractivity contribution in [2.45, 2.75) is 114 Å². The molecule has 7 aliphatic rings. The average Bonchev–Trinajstić information content (AvgIpc) is 3.75. The molecule has 17 heteroatoms. The van der Waals surface area contributed by atoms with E-state index in [4.69, 9.17) is 37.9 Å². The highest BCUT2D eigenvalue weighted by Gasteiger charge is 2.61. The normalized spacial score (nSPS) is 26.5. The van der Waals surface area contributed by atoms with Crippen LogP contribution in [-0.4, -0.2) is 104 Å². The Bertz CT molecular complexity index is 2440. The molecule has 7 atom stereocenters. The first kappa shape index (κ1) is 44.1. The van der Waals surface area contributed by atoms with Gasteiger partial charge < -0.3 is 43.0 Å². The summed E-state index contributed by atoms with van der Waals surface area (Å²) in [6, 6.07) is 3.12. The van der Waals surface area contributed by atoms with Crippen molar-refractivity contribution in [2.24, 2.45) is 0 Å². The number of rotatable bonds is 9. The molecule has 64 heavy (non-hydrogen) atoms. The lowest BCUT2D eigenvalue weighted by Gasteiger charge is -2.62. The van der Waals surface area contributed by atoms with Gasteiger partial charge in [-0.15, -0.1) is 11.8 Å². The minimum absolute atomic E-state index is 0.0865. The molecule has 1 spiro atoms. The number of nitrogens with one attached hydrogen (secondary N) is 1. The predicted molar refractivity (Wildman–Crippen MR) is 232 cm³/mol. The molecule has 2 fully saturated rings. The second kappa shape index (κ2) is 17.1. The second-order valence-corrected chi connectivity index (χ2v) is 18.5. The number of benzene rings is 3. The summed E-state index contributed by atoms with van der Waals surface area (Å²) in [5.74, 6) is 0.709. The molecule has 0 aromatic heterocycles. The van der Waals surface area contributed by atoms with Crippen molar-refractivity contribution >= 4 is 35.6 Å². The van der Waals surface area contributed by atoms with Crippen LogP contribution in [0.2, 0.25) is 0 Å². The quantitative estimate of drug-likeness (QED) is 0.205. The number of hydrogen-bond donors (Lipinski definition) is 2. The first-order chi connectivity index (χ1) is 30.8. The van der Waals surface area contributed by atoms with Crippen molar-refractivity contribution in [3.05, 3.63) is 62.7 Å². The topological polar surface area (TPSA) is 181 Å². The van der Waals surface area contributed by atoms with Crippen LogP contribution in [0, 0.1) is 13.8 Å². The molecular formula is C47H55N3O13S. The van der Waals surface area contributed by atoms with Crippen molar-refractivity contribution < 1.29 is 62.2 Å². The van der Waals surface area contributed by atoms with E-state index in [1.54, 1.807) is 19.2 Å². The van der Waals surface area contributed by atoms with E-state index in [1.807, 2.05) is 45.7 Å². The van der Waals surface area contributed by atoms with Gasteiger partial charge in [-0.2, -0.15) is 0 Å². The number of aryl methyl sites for hydroxylation is 1. The van der Waals surface area contributed by atoms with Crippen LogP contribution >= 0.6 is 11.8 Å². The van der Waals surface area contributed by atoms with Gasteiger partial charge in [-0.05, 0) is 81.0 Å². The maximum atomic E-state index is 15.1. The van der Waals surface area contributed by atoms with Crippen molar-refractivity contribution in [1.82, 2.24) is 15.1 Å². The minimum atomic E-state index is -1.43. The number of carbonyl (C=O) groups excluding carboxylic acids is 4. The number of fused-ring (bicyclic) bond motifs is 9. The highest BCUT2D eigenvalue weighted by Crippen LogP contribution is 2.64. The SMILES string of the molecule is CCCC(=O)Oc1cc2c(cc1OC)[C@@]1(CS[C@@H]3c4c(OC(C)=O)c(C)c5c(c4[C@H](COC1=O)N1C3[C@H]3c4c(cc(C)c(OC)c4OC(=O)CCC)C[C@@H]([C@@H]1O)N3C)OCO5)NCC2. The van der Waals surface area contributed by atoms with Crippen LogP contribution in [0.25, 0.3) is 0 Å². The van der Waals surface area contributed by atoms with Crippen LogP contribution in [0.3, 0.4) is 0 Å². The van der Waals surface area contributed by atoms with Crippen LogP contribution < -0.4 is 38.5 Å².